The topological polar surface area (TPSA) is 79.7 Å². The Balaban J connectivity index is 1.42. The summed E-state index contributed by atoms with van der Waals surface area (Å²) >= 11 is 5.89. The first-order valence-electron chi connectivity index (χ1n) is 10.7. The van der Waals surface area contributed by atoms with E-state index in [0.717, 1.165) is 18.1 Å². The Kier molecular flexibility index (Phi) is 4.39. The Labute approximate surface area is 196 Å². The van der Waals surface area contributed by atoms with Crippen LogP contribution in [-0.2, 0) is 11.7 Å². The molecule has 2 fully saturated rings. The molecule has 2 atom stereocenters. The molecule has 1 saturated carbocycles. The van der Waals surface area contributed by atoms with Crippen LogP contribution in [0.15, 0.2) is 42.7 Å². The fraction of sp³-hybridized carbons (Fsp3) is 0.304. The minimum atomic E-state index is -4.57. The summed E-state index contributed by atoms with van der Waals surface area (Å²) in [5.74, 6) is 0.479. The smallest absolute Gasteiger partial charge is 0.340 e. The van der Waals surface area contributed by atoms with E-state index >= 15 is 0 Å². The first kappa shape index (κ1) is 21.2. The number of amides is 1. The van der Waals surface area contributed by atoms with Gasteiger partial charge in [-0.1, -0.05) is 17.7 Å². The third-order valence-electron chi connectivity index (χ3n) is 6.80. The average Bonchev–Trinajstić information content (AvgIpc) is 3.19. The molecular weight excluding hydrogens is 469 g/mol. The zero-order valence-corrected chi connectivity index (χ0v) is 18.7. The molecule has 2 aromatic carbocycles. The summed E-state index contributed by atoms with van der Waals surface area (Å²) in [6.45, 7) is 2.44. The number of nitrogens with zero attached hydrogens (tertiary/aromatic N) is 5. The monoisotopic (exact) mass is 486 g/mol. The number of aromatic amines is 1. The number of H-pyrrole nitrogens is 1. The predicted octanol–water partition coefficient (Wildman–Crippen LogP) is 4.89. The maximum atomic E-state index is 13.8. The van der Waals surface area contributed by atoms with Crippen molar-refractivity contribution < 1.29 is 18.0 Å². The van der Waals surface area contributed by atoms with E-state index < -0.39 is 22.3 Å². The molecule has 0 bridgehead atoms. The van der Waals surface area contributed by atoms with Crippen molar-refractivity contribution in [2.45, 2.75) is 31.5 Å². The second kappa shape index (κ2) is 7.05. The van der Waals surface area contributed by atoms with E-state index in [0.29, 0.717) is 35.6 Å². The van der Waals surface area contributed by atoms with E-state index in [2.05, 4.69) is 20.2 Å². The molecule has 3 heterocycles. The van der Waals surface area contributed by atoms with Crippen molar-refractivity contribution in [2.24, 2.45) is 5.92 Å². The van der Waals surface area contributed by atoms with Crippen LogP contribution < -0.4 is 0 Å². The molecule has 34 heavy (non-hydrogen) atoms. The number of nitrogens with one attached hydrogen (secondary N) is 1. The van der Waals surface area contributed by atoms with Gasteiger partial charge in [0.05, 0.1) is 45.3 Å². The van der Waals surface area contributed by atoms with Crippen molar-refractivity contribution in [1.29, 1.82) is 0 Å². The van der Waals surface area contributed by atoms with Gasteiger partial charge in [-0.15, -0.1) is 0 Å². The highest BCUT2D eigenvalue weighted by Crippen LogP contribution is 2.62. The number of aromatic nitrogens is 5. The van der Waals surface area contributed by atoms with E-state index in [-0.39, 0.29) is 17.3 Å². The first-order chi connectivity index (χ1) is 16.2. The molecule has 2 aliphatic rings. The summed E-state index contributed by atoms with van der Waals surface area (Å²) in [5, 5.41) is 7.95. The summed E-state index contributed by atoms with van der Waals surface area (Å²) < 4.78 is 40.0. The minimum Gasteiger partial charge on any atom is -0.340 e. The van der Waals surface area contributed by atoms with Gasteiger partial charge in [0.25, 0.3) is 5.91 Å². The molecule has 4 aromatic rings. The van der Waals surface area contributed by atoms with E-state index in [1.165, 1.54) is 10.9 Å². The van der Waals surface area contributed by atoms with Crippen LogP contribution in [0.5, 0.6) is 0 Å². The van der Waals surface area contributed by atoms with E-state index in [1.54, 1.807) is 23.4 Å². The molecular formula is C23H18ClF3N6O. The summed E-state index contributed by atoms with van der Waals surface area (Å²) in [7, 11) is 0. The fourth-order valence-corrected chi connectivity index (χ4v) is 5.37. The van der Waals surface area contributed by atoms with Gasteiger partial charge in [-0.2, -0.15) is 28.2 Å². The van der Waals surface area contributed by atoms with Crippen molar-refractivity contribution in [3.63, 3.8) is 0 Å². The predicted molar refractivity (Wildman–Crippen MR) is 118 cm³/mol. The molecule has 0 unspecified atom stereocenters. The number of halogens is 4. The Morgan fingerprint density at radius 1 is 1.21 bits per heavy atom. The van der Waals surface area contributed by atoms with Gasteiger partial charge in [-0.3, -0.25) is 4.79 Å². The Morgan fingerprint density at radius 3 is 2.68 bits per heavy atom. The van der Waals surface area contributed by atoms with Crippen molar-refractivity contribution >= 4 is 28.5 Å². The Hall–Kier alpha value is -3.40. The van der Waals surface area contributed by atoms with Crippen LogP contribution in [-0.4, -0.2) is 42.3 Å². The number of likely N-dealkylation sites (tertiary alicyclic amines) is 1. The van der Waals surface area contributed by atoms with Crippen LogP contribution >= 0.6 is 11.6 Å². The second-order valence-electron chi connectivity index (χ2n) is 8.84. The second-order valence-corrected chi connectivity index (χ2v) is 9.25. The van der Waals surface area contributed by atoms with Gasteiger partial charge in [0.1, 0.15) is 11.4 Å². The Morgan fingerprint density at radius 2 is 1.97 bits per heavy atom. The highest BCUT2D eigenvalue weighted by Gasteiger charge is 2.66. The van der Waals surface area contributed by atoms with Gasteiger partial charge < -0.3 is 9.88 Å². The summed E-state index contributed by atoms with van der Waals surface area (Å²) in [6, 6.07) is 7.66. The SMILES string of the molecule is Cc1ccc(C(=O)N2CC[C@@H]3C[C@@]32c2nc3cc(Cl)c(C(F)(F)F)cc3[nH]2)c(-n2nccn2)c1. The summed E-state index contributed by atoms with van der Waals surface area (Å²) in [5.41, 5.74) is 0.955. The Bertz CT molecular complexity index is 1450. The molecule has 1 saturated heterocycles. The van der Waals surface area contributed by atoms with Crippen LogP contribution in [0.3, 0.4) is 0 Å². The quantitative estimate of drug-likeness (QED) is 0.447. The van der Waals surface area contributed by atoms with Crippen LogP contribution in [0.4, 0.5) is 13.2 Å². The molecule has 0 spiro atoms. The van der Waals surface area contributed by atoms with Crippen molar-refractivity contribution in [1.82, 2.24) is 29.9 Å². The number of hydrogen-bond acceptors (Lipinski definition) is 4. The van der Waals surface area contributed by atoms with Gasteiger partial charge in [0.15, 0.2) is 0 Å². The number of carbonyl (C=O) groups is 1. The number of benzene rings is 2. The highest BCUT2D eigenvalue weighted by molar-refractivity contribution is 6.32. The van der Waals surface area contributed by atoms with Gasteiger partial charge in [0.2, 0.25) is 0 Å². The molecule has 1 aliphatic heterocycles. The van der Waals surface area contributed by atoms with Crippen molar-refractivity contribution in [2.75, 3.05) is 6.54 Å². The lowest BCUT2D eigenvalue weighted by molar-refractivity contribution is -0.137. The maximum absolute atomic E-state index is 13.8. The number of alkyl halides is 3. The van der Waals surface area contributed by atoms with Crippen LogP contribution in [0.1, 0.15) is 40.2 Å². The fourth-order valence-electron chi connectivity index (χ4n) is 5.10. The van der Waals surface area contributed by atoms with Crippen LogP contribution in [0, 0.1) is 12.8 Å². The summed E-state index contributed by atoms with van der Waals surface area (Å²) in [6.07, 6.45) is -0.00787. The van der Waals surface area contributed by atoms with Gasteiger partial charge in [-0.25, -0.2) is 4.98 Å². The van der Waals surface area contributed by atoms with E-state index in [9.17, 15) is 18.0 Å². The largest absolute Gasteiger partial charge is 0.417 e. The maximum Gasteiger partial charge on any atom is 0.417 e. The first-order valence-corrected chi connectivity index (χ1v) is 11.1. The van der Waals surface area contributed by atoms with E-state index in [1.807, 2.05) is 19.1 Å². The standard InChI is InChI=1S/C23H18ClF3N6O/c1-12-2-3-14(19(8-12)33-28-5-6-29-33)20(34)32-7-4-13-11-22(13,32)21-30-17-9-15(23(25,26)27)16(24)10-18(17)31-21/h2-3,5-6,8-10,13H,4,7,11H2,1H3,(H,30,31)/t13-,22+/m1/s1. The molecule has 6 rings (SSSR count). The van der Waals surface area contributed by atoms with Crippen LogP contribution in [0.25, 0.3) is 16.7 Å². The third kappa shape index (κ3) is 3.04. The number of piperidine rings is 1. The number of fused-ring (bicyclic) bond motifs is 2. The van der Waals surface area contributed by atoms with E-state index in [4.69, 9.17) is 11.6 Å². The van der Waals surface area contributed by atoms with Gasteiger partial charge in [-0.05, 0) is 55.5 Å². The van der Waals surface area contributed by atoms with Crippen molar-refractivity contribution in [3.05, 3.63) is 70.3 Å². The average molecular weight is 487 g/mol. The molecule has 7 nitrogen and oxygen atoms in total. The number of rotatable bonds is 3. The molecule has 0 radical (unpaired) electrons. The molecule has 11 heteroatoms. The number of carbonyl (C=O) groups excluding carboxylic acids is 1. The zero-order valence-electron chi connectivity index (χ0n) is 17.9. The molecule has 1 N–H and O–H groups in total. The normalized spacial score (nSPS) is 21.8. The molecule has 174 valence electrons. The highest BCUT2D eigenvalue weighted by atomic mass is 35.5. The number of hydrogen-bond donors (Lipinski definition) is 1. The lowest BCUT2D eigenvalue weighted by Crippen LogP contribution is -2.39. The third-order valence-corrected chi connectivity index (χ3v) is 7.12. The van der Waals surface area contributed by atoms with Gasteiger partial charge >= 0.3 is 6.18 Å². The lowest BCUT2D eigenvalue weighted by Gasteiger charge is -2.28. The molecule has 1 amide bonds. The minimum absolute atomic E-state index is 0.186. The van der Waals surface area contributed by atoms with Crippen molar-refractivity contribution in [3.8, 4) is 5.69 Å². The van der Waals surface area contributed by atoms with Crippen LogP contribution in [0.2, 0.25) is 5.02 Å². The lowest BCUT2D eigenvalue weighted by atomic mass is 10.1. The molecule has 2 aromatic heterocycles. The zero-order chi connectivity index (χ0) is 23.8. The summed E-state index contributed by atoms with van der Waals surface area (Å²) in [4.78, 5) is 24.6. The van der Waals surface area contributed by atoms with Gasteiger partial charge in [0, 0.05) is 6.54 Å². The molecule has 1 aliphatic carbocycles. The number of imidazole rings is 1. The number of aryl methyl sites for hydroxylation is 1.